The third-order valence-electron chi connectivity index (χ3n) is 6.67. The zero-order chi connectivity index (χ0) is 27.4. The average Bonchev–Trinajstić information content (AvgIpc) is 3.31. The first-order chi connectivity index (χ1) is 18.9. The third-order valence-corrected chi connectivity index (χ3v) is 8.97. The normalized spacial score (nSPS) is 13.4. The van der Waals surface area contributed by atoms with E-state index in [1.807, 2.05) is 73.7 Å². The minimum Gasteiger partial charge on any atom is -0.462 e. The Morgan fingerprint density at radius 2 is 1.74 bits per heavy atom. The van der Waals surface area contributed by atoms with Gasteiger partial charge in [-0.1, -0.05) is 36.4 Å². The molecular weight excluding hydrogens is 528 g/mol. The molecule has 0 saturated heterocycles. The summed E-state index contributed by atoms with van der Waals surface area (Å²) < 4.78 is 5.31. The average molecular weight is 559 g/mol. The molecule has 39 heavy (non-hydrogen) atoms. The van der Waals surface area contributed by atoms with Crippen molar-refractivity contribution in [3.8, 4) is 0 Å². The minimum absolute atomic E-state index is 0.185. The highest BCUT2D eigenvalue weighted by Crippen LogP contribution is 2.39. The van der Waals surface area contributed by atoms with E-state index < -0.39 is 5.25 Å². The lowest BCUT2D eigenvalue weighted by atomic mass is 9.95. The number of anilines is 2. The maximum atomic E-state index is 13.2. The van der Waals surface area contributed by atoms with Gasteiger partial charge in [-0.15, -0.1) is 23.1 Å². The van der Waals surface area contributed by atoms with Crippen LogP contribution in [0.25, 0.3) is 10.8 Å². The van der Waals surface area contributed by atoms with Gasteiger partial charge in [0, 0.05) is 21.0 Å². The maximum absolute atomic E-state index is 13.2. The molecule has 1 aliphatic rings. The summed E-state index contributed by atoms with van der Waals surface area (Å²) >= 11 is 2.88. The van der Waals surface area contributed by atoms with Crippen molar-refractivity contribution >= 4 is 62.3 Å². The molecule has 1 heterocycles. The molecule has 1 unspecified atom stereocenters. The first-order valence-corrected chi connectivity index (χ1v) is 14.8. The zero-order valence-electron chi connectivity index (χ0n) is 21.9. The van der Waals surface area contributed by atoms with Crippen LogP contribution < -0.4 is 10.6 Å². The van der Waals surface area contributed by atoms with Gasteiger partial charge in [0.25, 0.3) is 5.91 Å². The lowest BCUT2D eigenvalue weighted by molar-refractivity contribution is -0.115. The summed E-state index contributed by atoms with van der Waals surface area (Å²) in [7, 11) is 0. The van der Waals surface area contributed by atoms with Crippen LogP contribution >= 0.6 is 23.1 Å². The van der Waals surface area contributed by atoms with E-state index in [4.69, 9.17) is 4.74 Å². The van der Waals surface area contributed by atoms with E-state index in [0.717, 1.165) is 51.8 Å². The van der Waals surface area contributed by atoms with Crippen LogP contribution in [0.3, 0.4) is 0 Å². The van der Waals surface area contributed by atoms with Crippen LogP contribution in [0.4, 0.5) is 10.7 Å². The molecule has 1 atom stereocenters. The quantitative estimate of drug-likeness (QED) is 0.175. The number of ether oxygens (including phenoxy) is 1. The van der Waals surface area contributed by atoms with Crippen LogP contribution in [0.2, 0.25) is 0 Å². The number of aryl methyl sites for hydroxylation is 1. The number of esters is 1. The Balaban J connectivity index is 1.26. The van der Waals surface area contributed by atoms with Crippen molar-refractivity contribution in [3.63, 3.8) is 0 Å². The van der Waals surface area contributed by atoms with Crippen LogP contribution in [-0.2, 0) is 22.4 Å². The molecule has 1 aromatic heterocycles. The molecule has 0 fully saturated rings. The topological polar surface area (TPSA) is 84.5 Å². The van der Waals surface area contributed by atoms with Gasteiger partial charge < -0.3 is 15.4 Å². The van der Waals surface area contributed by atoms with Crippen LogP contribution in [0.5, 0.6) is 0 Å². The number of carbonyl (C=O) groups excluding carboxylic acids is 3. The largest absolute Gasteiger partial charge is 0.462 e. The molecule has 6 nitrogen and oxygen atoms in total. The van der Waals surface area contributed by atoms with Crippen molar-refractivity contribution in [1.29, 1.82) is 0 Å². The van der Waals surface area contributed by atoms with Gasteiger partial charge in [0.2, 0.25) is 5.91 Å². The Hall–Kier alpha value is -3.62. The maximum Gasteiger partial charge on any atom is 0.341 e. The van der Waals surface area contributed by atoms with Crippen molar-refractivity contribution < 1.29 is 19.1 Å². The van der Waals surface area contributed by atoms with E-state index >= 15 is 0 Å². The number of rotatable bonds is 8. The van der Waals surface area contributed by atoms with Crippen molar-refractivity contribution in [1.82, 2.24) is 0 Å². The lowest BCUT2D eigenvalue weighted by Gasteiger charge is -2.14. The second-order valence-electron chi connectivity index (χ2n) is 9.43. The van der Waals surface area contributed by atoms with Gasteiger partial charge in [-0.2, -0.15) is 0 Å². The second kappa shape index (κ2) is 12.1. The predicted molar refractivity (Wildman–Crippen MR) is 159 cm³/mol. The smallest absolute Gasteiger partial charge is 0.341 e. The van der Waals surface area contributed by atoms with Crippen molar-refractivity contribution in [2.24, 2.45) is 0 Å². The fraction of sp³-hybridized carbons (Fsp3) is 0.258. The fourth-order valence-corrected chi connectivity index (χ4v) is 6.93. The number of thioether (sulfide) groups is 1. The molecule has 3 aromatic carbocycles. The van der Waals surface area contributed by atoms with Gasteiger partial charge in [0.1, 0.15) is 5.00 Å². The molecule has 200 valence electrons. The summed E-state index contributed by atoms with van der Waals surface area (Å²) in [4.78, 5) is 40.8. The number of hydrogen-bond donors (Lipinski definition) is 2. The summed E-state index contributed by atoms with van der Waals surface area (Å²) in [5.41, 5.74) is 2.77. The van der Waals surface area contributed by atoms with Gasteiger partial charge >= 0.3 is 5.97 Å². The lowest BCUT2D eigenvalue weighted by Crippen LogP contribution is -2.23. The van der Waals surface area contributed by atoms with E-state index in [1.54, 1.807) is 6.92 Å². The molecule has 0 bridgehead atoms. The van der Waals surface area contributed by atoms with E-state index in [1.165, 1.54) is 23.1 Å². The Kier molecular flexibility index (Phi) is 8.33. The van der Waals surface area contributed by atoms with Crippen molar-refractivity contribution in [3.05, 3.63) is 88.3 Å². The van der Waals surface area contributed by atoms with Crippen LogP contribution in [0.1, 0.15) is 57.8 Å². The van der Waals surface area contributed by atoms with E-state index in [9.17, 15) is 14.4 Å². The highest BCUT2D eigenvalue weighted by atomic mass is 32.2. The Bertz CT molecular complexity index is 1540. The summed E-state index contributed by atoms with van der Waals surface area (Å²) in [6.45, 7) is 3.90. The zero-order valence-corrected chi connectivity index (χ0v) is 23.5. The Morgan fingerprint density at radius 1 is 0.949 bits per heavy atom. The van der Waals surface area contributed by atoms with E-state index in [0.29, 0.717) is 21.8 Å². The van der Waals surface area contributed by atoms with Gasteiger partial charge in [-0.05, 0) is 86.2 Å². The first kappa shape index (κ1) is 27.0. The van der Waals surface area contributed by atoms with Gasteiger partial charge in [0.15, 0.2) is 0 Å². The Labute approximate surface area is 236 Å². The molecule has 8 heteroatoms. The number of carbonyl (C=O) groups is 3. The Morgan fingerprint density at radius 3 is 2.56 bits per heavy atom. The molecule has 2 N–H and O–H groups in total. The standard InChI is InChI=1S/C31H30N2O4S2/c1-3-37-31(36)27-25-13-6-7-14-26(25)39-30(27)33-28(34)19(2)38-24-12-8-11-23(18-24)32-29(35)22-16-15-20-9-4-5-10-21(20)17-22/h4-5,8-12,15-19H,3,6-7,13-14H2,1-2H3,(H,32,35)(H,33,34). The highest BCUT2D eigenvalue weighted by molar-refractivity contribution is 8.00. The second-order valence-corrected chi connectivity index (χ2v) is 11.9. The number of fused-ring (bicyclic) bond motifs is 2. The van der Waals surface area contributed by atoms with Gasteiger partial charge in [-0.25, -0.2) is 4.79 Å². The van der Waals surface area contributed by atoms with Gasteiger partial charge in [-0.3, -0.25) is 9.59 Å². The fourth-order valence-electron chi connectivity index (χ4n) is 4.73. The molecule has 0 aliphatic heterocycles. The minimum atomic E-state index is -0.425. The molecular formula is C31H30N2O4S2. The number of nitrogens with one attached hydrogen (secondary N) is 2. The van der Waals surface area contributed by atoms with Gasteiger partial charge in [0.05, 0.1) is 17.4 Å². The highest BCUT2D eigenvalue weighted by Gasteiger charge is 2.28. The number of hydrogen-bond acceptors (Lipinski definition) is 6. The first-order valence-electron chi connectivity index (χ1n) is 13.1. The number of benzene rings is 3. The van der Waals surface area contributed by atoms with Crippen molar-refractivity contribution in [2.75, 3.05) is 17.2 Å². The SMILES string of the molecule is CCOC(=O)c1c(NC(=O)C(C)Sc2cccc(NC(=O)c3ccc4ccccc4c3)c2)sc2c1CCCC2. The summed E-state index contributed by atoms with van der Waals surface area (Å²) in [5.74, 6) is -0.751. The molecule has 0 saturated carbocycles. The van der Waals surface area contributed by atoms with Crippen LogP contribution in [-0.4, -0.2) is 29.6 Å². The van der Waals surface area contributed by atoms with E-state index in [2.05, 4.69) is 10.6 Å². The number of amides is 2. The molecule has 0 radical (unpaired) electrons. The third kappa shape index (κ3) is 6.18. The molecule has 0 spiro atoms. The monoisotopic (exact) mass is 558 g/mol. The summed E-state index contributed by atoms with van der Waals surface area (Å²) in [5, 5.41) is 8.20. The van der Waals surface area contributed by atoms with Crippen LogP contribution in [0, 0.1) is 0 Å². The van der Waals surface area contributed by atoms with E-state index in [-0.39, 0.29) is 24.4 Å². The predicted octanol–water partition coefficient (Wildman–Crippen LogP) is 7.33. The summed E-state index contributed by atoms with van der Waals surface area (Å²) in [6, 6.07) is 21.0. The summed E-state index contributed by atoms with van der Waals surface area (Å²) in [6.07, 6.45) is 3.87. The molecule has 1 aliphatic carbocycles. The van der Waals surface area contributed by atoms with Crippen LogP contribution in [0.15, 0.2) is 71.6 Å². The molecule has 2 amide bonds. The number of thiophene rings is 1. The van der Waals surface area contributed by atoms with Crippen molar-refractivity contribution in [2.45, 2.75) is 49.7 Å². The molecule has 5 rings (SSSR count). The molecule has 4 aromatic rings.